The Hall–Kier alpha value is -0.520. The number of likely N-dealkylation sites (tertiary alicyclic amines) is 1. The smallest absolute Gasteiger partial charge is 0.0893 e. The molecule has 1 aromatic rings. The van der Waals surface area contributed by atoms with E-state index in [-0.39, 0.29) is 0 Å². The average Bonchev–Trinajstić information content (AvgIpc) is 2.71. The minimum atomic E-state index is 0.631. The largest absolute Gasteiger partial charge is 0.307 e. The van der Waals surface area contributed by atoms with Crippen molar-refractivity contribution in [3.8, 4) is 0 Å². The van der Waals surface area contributed by atoms with Gasteiger partial charge in [-0.05, 0) is 31.5 Å². The summed E-state index contributed by atoms with van der Waals surface area (Å²) in [4.78, 5) is 2.34. The van der Waals surface area contributed by atoms with Gasteiger partial charge in [0.05, 0.1) is 5.69 Å². The van der Waals surface area contributed by atoms with E-state index in [4.69, 9.17) is 0 Å². The second-order valence-corrected chi connectivity index (χ2v) is 4.13. The third-order valence-electron chi connectivity index (χ3n) is 2.37. The first kappa shape index (κ1) is 9.05. The molecule has 2 rings (SSSR count). The van der Waals surface area contributed by atoms with Crippen LogP contribution in [-0.2, 0) is 6.54 Å². The summed E-state index contributed by atoms with van der Waals surface area (Å²) >= 11 is 1.41. The van der Waals surface area contributed by atoms with Gasteiger partial charge >= 0.3 is 0 Å². The van der Waals surface area contributed by atoms with Crippen LogP contribution in [0.3, 0.4) is 0 Å². The van der Waals surface area contributed by atoms with Gasteiger partial charge in [-0.1, -0.05) is 4.49 Å². The third-order valence-corrected chi connectivity index (χ3v) is 2.92. The Bertz CT molecular complexity index is 249. The number of hydrogen-bond donors (Lipinski definition) is 1. The van der Waals surface area contributed by atoms with Gasteiger partial charge in [0.25, 0.3) is 0 Å². The van der Waals surface area contributed by atoms with Crippen molar-refractivity contribution < 1.29 is 0 Å². The lowest BCUT2D eigenvalue weighted by Crippen LogP contribution is -2.31. The molecule has 0 aromatic carbocycles. The maximum absolute atomic E-state index is 3.99. The van der Waals surface area contributed by atoms with Crippen LogP contribution >= 0.6 is 11.5 Å². The molecule has 0 bridgehead atoms. The van der Waals surface area contributed by atoms with E-state index in [0.717, 1.165) is 18.8 Å². The number of rotatable bonds is 3. The summed E-state index contributed by atoms with van der Waals surface area (Å²) in [7, 11) is 2.16. The summed E-state index contributed by atoms with van der Waals surface area (Å²) in [6, 6.07) is 0.631. The van der Waals surface area contributed by atoms with E-state index >= 15 is 0 Å². The van der Waals surface area contributed by atoms with Gasteiger partial charge in [0.2, 0.25) is 0 Å². The summed E-state index contributed by atoms with van der Waals surface area (Å²) in [6.07, 6.45) is 1.24. The molecule has 0 spiro atoms. The lowest BCUT2D eigenvalue weighted by Gasteiger charge is -2.10. The Morgan fingerprint density at radius 1 is 1.77 bits per heavy atom. The molecule has 1 aliphatic heterocycles. The van der Waals surface area contributed by atoms with Gasteiger partial charge in [0, 0.05) is 24.5 Å². The van der Waals surface area contributed by atoms with Gasteiger partial charge < -0.3 is 10.2 Å². The number of nitrogens with zero attached hydrogens (tertiary/aromatic N) is 3. The molecule has 1 aliphatic rings. The molecule has 2 heterocycles. The fourth-order valence-corrected chi connectivity index (χ4v) is 2.06. The van der Waals surface area contributed by atoms with Gasteiger partial charge in [-0.2, -0.15) is 0 Å². The first-order valence-corrected chi connectivity index (χ1v) is 5.36. The van der Waals surface area contributed by atoms with Crippen molar-refractivity contribution in [1.29, 1.82) is 0 Å². The van der Waals surface area contributed by atoms with Crippen molar-refractivity contribution in [1.82, 2.24) is 19.8 Å². The van der Waals surface area contributed by atoms with Gasteiger partial charge in [-0.25, -0.2) is 0 Å². The van der Waals surface area contributed by atoms with Crippen LogP contribution in [0.2, 0.25) is 0 Å². The molecular formula is C8H14N4S. The van der Waals surface area contributed by atoms with Crippen molar-refractivity contribution >= 4 is 11.5 Å². The van der Waals surface area contributed by atoms with Crippen LogP contribution in [0.5, 0.6) is 0 Å². The van der Waals surface area contributed by atoms with Gasteiger partial charge in [0.15, 0.2) is 0 Å². The molecule has 0 saturated carbocycles. The van der Waals surface area contributed by atoms with Gasteiger partial charge in [-0.3, -0.25) is 0 Å². The Labute approximate surface area is 82.1 Å². The predicted molar refractivity (Wildman–Crippen MR) is 52.7 cm³/mol. The minimum Gasteiger partial charge on any atom is -0.307 e. The third kappa shape index (κ3) is 2.46. The standard InChI is InChI=1S/C8H14N4S/c1-12-3-2-7(5-12)9-4-8-6-13-11-10-8/h6-7,9H,2-5H2,1H3. The van der Waals surface area contributed by atoms with Crippen LogP contribution in [0.15, 0.2) is 5.38 Å². The highest BCUT2D eigenvalue weighted by molar-refractivity contribution is 7.03. The Morgan fingerprint density at radius 2 is 2.69 bits per heavy atom. The van der Waals surface area contributed by atoms with Crippen molar-refractivity contribution in [2.45, 2.75) is 19.0 Å². The summed E-state index contributed by atoms with van der Waals surface area (Å²) in [5.74, 6) is 0. The topological polar surface area (TPSA) is 41.0 Å². The highest BCUT2D eigenvalue weighted by Gasteiger charge is 2.18. The molecule has 5 heteroatoms. The van der Waals surface area contributed by atoms with Gasteiger partial charge in [-0.15, -0.1) is 5.10 Å². The summed E-state index contributed by atoms with van der Waals surface area (Å²) in [6.45, 7) is 3.21. The molecule has 4 nitrogen and oxygen atoms in total. The van der Waals surface area contributed by atoms with Crippen LogP contribution in [0.25, 0.3) is 0 Å². The maximum atomic E-state index is 3.99. The van der Waals surface area contributed by atoms with E-state index in [1.54, 1.807) is 0 Å². The zero-order chi connectivity index (χ0) is 9.10. The molecule has 1 N–H and O–H groups in total. The molecule has 1 saturated heterocycles. The summed E-state index contributed by atoms with van der Waals surface area (Å²) < 4.78 is 3.82. The SMILES string of the molecule is CN1CCC(NCc2csnn2)C1. The first-order valence-electron chi connectivity index (χ1n) is 4.52. The average molecular weight is 198 g/mol. The molecule has 1 unspecified atom stereocenters. The van der Waals surface area contributed by atoms with Crippen molar-refractivity contribution in [3.63, 3.8) is 0 Å². The molecule has 1 fully saturated rings. The van der Waals surface area contributed by atoms with E-state index in [9.17, 15) is 0 Å². The highest BCUT2D eigenvalue weighted by atomic mass is 32.1. The predicted octanol–water partition coefficient (Wildman–Crippen LogP) is 0.332. The van der Waals surface area contributed by atoms with E-state index in [1.165, 1.54) is 24.5 Å². The van der Waals surface area contributed by atoms with Crippen molar-refractivity contribution in [2.75, 3.05) is 20.1 Å². The Kier molecular flexibility index (Phi) is 2.87. The van der Waals surface area contributed by atoms with Gasteiger partial charge in [0.1, 0.15) is 0 Å². The number of likely N-dealkylation sites (N-methyl/N-ethyl adjacent to an activating group) is 1. The molecule has 1 aromatic heterocycles. The van der Waals surface area contributed by atoms with Crippen LogP contribution in [-0.4, -0.2) is 40.7 Å². The highest BCUT2D eigenvalue weighted by Crippen LogP contribution is 2.07. The summed E-state index contributed by atoms with van der Waals surface area (Å²) in [5, 5.41) is 9.46. The van der Waals surface area contributed by atoms with E-state index in [2.05, 4.69) is 26.9 Å². The number of hydrogen-bond acceptors (Lipinski definition) is 5. The van der Waals surface area contributed by atoms with Crippen LogP contribution in [0.4, 0.5) is 0 Å². The molecule has 0 amide bonds. The molecule has 0 radical (unpaired) electrons. The quantitative estimate of drug-likeness (QED) is 0.760. The maximum Gasteiger partial charge on any atom is 0.0893 e. The van der Waals surface area contributed by atoms with E-state index in [1.807, 2.05) is 5.38 Å². The zero-order valence-electron chi connectivity index (χ0n) is 7.73. The molecule has 72 valence electrons. The molecular weight excluding hydrogens is 184 g/mol. The minimum absolute atomic E-state index is 0.631. The first-order chi connectivity index (χ1) is 6.34. The second kappa shape index (κ2) is 4.13. The normalized spacial score (nSPS) is 23.9. The monoisotopic (exact) mass is 198 g/mol. The fraction of sp³-hybridized carbons (Fsp3) is 0.750. The molecule has 1 atom stereocenters. The number of nitrogens with one attached hydrogen (secondary N) is 1. The summed E-state index contributed by atoms with van der Waals surface area (Å²) in [5.41, 5.74) is 1.06. The molecule has 13 heavy (non-hydrogen) atoms. The molecule has 0 aliphatic carbocycles. The van der Waals surface area contributed by atoms with E-state index in [0.29, 0.717) is 6.04 Å². The zero-order valence-corrected chi connectivity index (χ0v) is 8.55. The Morgan fingerprint density at radius 3 is 3.31 bits per heavy atom. The number of aromatic nitrogens is 2. The van der Waals surface area contributed by atoms with Crippen LogP contribution in [0, 0.1) is 0 Å². The lowest BCUT2D eigenvalue weighted by atomic mass is 10.2. The van der Waals surface area contributed by atoms with E-state index < -0.39 is 0 Å². The lowest BCUT2D eigenvalue weighted by molar-refractivity contribution is 0.397. The van der Waals surface area contributed by atoms with Crippen molar-refractivity contribution in [3.05, 3.63) is 11.1 Å². The van der Waals surface area contributed by atoms with Crippen LogP contribution < -0.4 is 5.32 Å². The van der Waals surface area contributed by atoms with Crippen molar-refractivity contribution in [2.24, 2.45) is 0 Å². The second-order valence-electron chi connectivity index (χ2n) is 3.52. The Balaban J connectivity index is 1.74. The van der Waals surface area contributed by atoms with Crippen LogP contribution in [0.1, 0.15) is 12.1 Å². The fourth-order valence-electron chi connectivity index (χ4n) is 1.61.